The zero-order chi connectivity index (χ0) is 17.6. The molecular weight excluding hydrogens is 318 g/mol. The van der Waals surface area contributed by atoms with Crippen molar-refractivity contribution in [3.8, 4) is 0 Å². The maximum atomic E-state index is 12.3. The smallest absolute Gasteiger partial charge is 0.273 e. The molecule has 25 heavy (non-hydrogen) atoms. The number of nitrogens with zero attached hydrogens (tertiary/aromatic N) is 2. The Labute approximate surface area is 148 Å². The van der Waals surface area contributed by atoms with E-state index in [4.69, 9.17) is 9.26 Å². The lowest BCUT2D eigenvalue weighted by molar-refractivity contribution is 0.00363. The molecule has 1 N–H and O–H groups in total. The molecule has 1 amide bonds. The number of carbonyl (C=O) groups excluding carboxylic acids is 1. The molecule has 136 valence electrons. The van der Waals surface area contributed by atoms with E-state index < -0.39 is 0 Å². The highest BCUT2D eigenvalue weighted by molar-refractivity contribution is 5.92. The largest absolute Gasteiger partial charge is 0.370 e. The zero-order valence-electron chi connectivity index (χ0n) is 15.2. The topological polar surface area (TPSA) is 67.6 Å². The Hall–Kier alpha value is -1.66. The molecule has 0 aromatic carbocycles. The van der Waals surface area contributed by atoms with Gasteiger partial charge in [-0.1, -0.05) is 16.8 Å². The minimum Gasteiger partial charge on any atom is -0.370 e. The molecule has 3 aliphatic rings. The molecule has 0 saturated carbocycles. The van der Waals surface area contributed by atoms with Crippen LogP contribution in [0.5, 0.6) is 0 Å². The van der Waals surface area contributed by atoms with Crippen LogP contribution in [0.4, 0.5) is 0 Å². The first kappa shape index (κ1) is 16.8. The summed E-state index contributed by atoms with van der Waals surface area (Å²) in [5, 5.41) is 6.84. The van der Waals surface area contributed by atoms with E-state index in [0.717, 1.165) is 32.5 Å². The summed E-state index contributed by atoms with van der Waals surface area (Å²) >= 11 is 0. The van der Waals surface area contributed by atoms with E-state index in [2.05, 4.69) is 35.3 Å². The third-order valence-electron chi connectivity index (χ3n) is 5.97. The maximum absolute atomic E-state index is 12.3. The van der Waals surface area contributed by atoms with Crippen LogP contribution in [0.25, 0.3) is 0 Å². The molecule has 0 radical (unpaired) electrons. The van der Waals surface area contributed by atoms with Crippen LogP contribution < -0.4 is 5.32 Å². The van der Waals surface area contributed by atoms with Gasteiger partial charge in [-0.25, -0.2) is 0 Å². The molecule has 3 aliphatic heterocycles. The van der Waals surface area contributed by atoms with Crippen LogP contribution in [0, 0.1) is 18.8 Å². The minimum atomic E-state index is -0.159. The van der Waals surface area contributed by atoms with Crippen molar-refractivity contribution in [2.45, 2.75) is 45.3 Å². The van der Waals surface area contributed by atoms with Crippen LogP contribution in [0.1, 0.15) is 42.9 Å². The van der Waals surface area contributed by atoms with Gasteiger partial charge in [0.05, 0.1) is 11.7 Å². The average Bonchev–Trinajstić information content (AvgIpc) is 3.30. The summed E-state index contributed by atoms with van der Waals surface area (Å²) in [6, 6.07) is 1.67. The predicted molar refractivity (Wildman–Crippen MR) is 93.3 cm³/mol. The number of aromatic nitrogens is 1. The summed E-state index contributed by atoms with van der Waals surface area (Å²) in [6.07, 6.45) is 4.83. The van der Waals surface area contributed by atoms with E-state index in [0.29, 0.717) is 29.8 Å². The van der Waals surface area contributed by atoms with Gasteiger partial charge in [-0.3, -0.25) is 9.69 Å². The van der Waals surface area contributed by atoms with Crippen molar-refractivity contribution >= 4 is 5.91 Å². The molecule has 3 fully saturated rings. The molecule has 4 atom stereocenters. The zero-order valence-corrected chi connectivity index (χ0v) is 15.2. The highest BCUT2D eigenvalue weighted by atomic mass is 16.5. The Balaban J connectivity index is 1.39. The summed E-state index contributed by atoms with van der Waals surface area (Å²) in [7, 11) is 0. The van der Waals surface area contributed by atoms with Gasteiger partial charge >= 0.3 is 0 Å². The van der Waals surface area contributed by atoms with Crippen LogP contribution in [0.15, 0.2) is 22.2 Å². The number of hydrogen-bond acceptors (Lipinski definition) is 5. The predicted octanol–water partition coefficient (Wildman–Crippen LogP) is 2.16. The number of likely N-dealkylation sites (tertiary alicyclic amines) is 1. The Morgan fingerprint density at radius 1 is 1.52 bits per heavy atom. The first-order valence-corrected chi connectivity index (χ1v) is 9.22. The number of fused-ring (bicyclic) bond motifs is 1. The summed E-state index contributed by atoms with van der Waals surface area (Å²) in [6.45, 7) is 9.79. The van der Waals surface area contributed by atoms with Gasteiger partial charge in [0.1, 0.15) is 5.76 Å². The number of aryl methyl sites for hydroxylation is 1. The summed E-state index contributed by atoms with van der Waals surface area (Å²) in [5.41, 5.74) is 1.72. The number of amides is 1. The van der Waals surface area contributed by atoms with Gasteiger partial charge in [0.25, 0.3) is 5.91 Å². The summed E-state index contributed by atoms with van der Waals surface area (Å²) in [4.78, 5) is 14.8. The third-order valence-corrected chi connectivity index (χ3v) is 5.97. The number of allylic oxidation sites excluding steroid dienone is 1. The molecule has 0 aliphatic carbocycles. The molecule has 4 heterocycles. The fourth-order valence-corrected chi connectivity index (χ4v) is 4.78. The number of carbonyl (C=O) groups is 1. The molecule has 1 aromatic rings. The quantitative estimate of drug-likeness (QED) is 0.829. The number of hydrogen-bond donors (Lipinski definition) is 1. The van der Waals surface area contributed by atoms with Crippen LogP contribution in [0.2, 0.25) is 0 Å². The van der Waals surface area contributed by atoms with Crippen LogP contribution >= 0.6 is 0 Å². The van der Waals surface area contributed by atoms with Crippen LogP contribution in [-0.4, -0.2) is 53.8 Å². The molecule has 1 aromatic heterocycles. The van der Waals surface area contributed by atoms with E-state index in [1.807, 2.05) is 0 Å². The molecule has 1 spiro atoms. The molecule has 2 bridgehead atoms. The van der Waals surface area contributed by atoms with E-state index in [9.17, 15) is 4.79 Å². The fourth-order valence-electron chi connectivity index (χ4n) is 4.78. The second-order valence-electron chi connectivity index (χ2n) is 8.04. The second-order valence-corrected chi connectivity index (χ2v) is 8.04. The second kappa shape index (κ2) is 6.25. The molecule has 0 unspecified atom stereocenters. The van der Waals surface area contributed by atoms with E-state index >= 15 is 0 Å². The van der Waals surface area contributed by atoms with E-state index in [1.54, 1.807) is 13.0 Å². The van der Waals surface area contributed by atoms with Gasteiger partial charge in [0.2, 0.25) is 0 Å². The third kappa shape index (κ3) is 3.02. The first-order valence-electron chi connectivity index (χ1n) is 9.22. The van der Waals surface area contributed by atoms with Gasteiger partial charge in [0, 0.05) is 44.1 Å². The van der Waals surface area contributed by atoms with Gasteiger partial charge in [0.15, 0.2) is 5.69 Å². The van der Waals surface area contributed by atoms with E-state index in [-0.39, 0.29) is 17.6 Å². The van der Waals surface area contributed by atoms with Crippen molar-refractivity contribution in [1.82, 2.24) is 15.4 Å². The maximum Gasteiger partial charge on any atom is 0.273 e. The lowest BCUT2D eigenvalue weighted by Gasteiger charge is -2.29. The van der Waals surface area contributed by atoms with Crippen LogP contribution in [-0.2, 0) is 4.74 Å². The molecule has 4 rings (SSSR count). The summed E-state index contributed by atoms with van der Waals surface area (Å²) < 4.78 is 11.4. The molecular formula is C19H27N3O3. The Morgan fingerprint density at radius 3 is 3.08 bits per heavy atom. The first-order chi connectivity index (χ1) is 12.0. The fraction of sp³-hybridized carbons (Fsp3) is 0.684. The number of rotatable bonds is 5. The van der Waals surface area contributed by atoms with Crippen molar-refractivity contribution < 1.29 is 14.1 Å². The van der Waals surface area contributed by atoms with Crippen LogP contribution in [0.3, 0.4) is 0 Å². The Morgan fingerprint density at radius 2 is 2.36 bits per heavy atom. The van der Waals surface area contributed by atoms with Gasteiger partial charge in [-0.05, 0) is 33.6 Å². The van der Waals surface area contributed by atoms with Crippen molar-refractivity contribution in [2.75, 3.05) is 26.2 Å². The standard InChI is InChI=1S/C19H27N3O3/c1-12(2)5-7-22-10-15-14(17-4-6-19(15,11-22)24-17)9-20-18(23)16-8-13(3)25-21-16/h5,8,14-15,17H,4,6-7,9-11H2,1-3H3,(H,20,23)/t14-,15+,17+,19+/m0/s1. The van der Waals surface area contributed by atoms with Crippen molar-refractivity contribution in [2.24, 2.45) is 11.8 Å². The highest BCUT2D eigenvalue weighted by Gasteiger charge is 2.62. The highest BCUT2D eigenvalue weighted by Crippen LogP contribution is 2.54. The minimum absolute atomic E-state index is 0.0139. The Kier molecular flexibility index (Phi) is 4.20. The molecule has 6 heteroatoms. The number of ether oxygens (including phenoxy) is 1. The van der Waals surface area contributed by atoms with Crippen molar-refractivity contribution in [3.05, 3.63) is 29.2 Å². The van der Waals surface area contributed by atoms with Gasteiger partial charge in [-0.2, -0.15) is 0 Å². The SMILES string of the molecule is CC(C)=CCN1C[C@@H]2[C@H](CNC(=O)c3cc(C)on3)[C@H]3CC[C@]2(C1)O3. The lowest BCUT2D eigenvalue weighted by atomic mass is 9.73. The van der Waals surface area contributed by atoms with E-state index in [1.165, 1.54) is 5.57 Å². The van der Waals surface area contributed by atoms with Crippen molar-refractivity contribution in [1.29, 1.82) is 0 Å². The van der Waals surface area contributed by atoms with Gasteiger partial charge < -0.3 is 14.6 Å². The monoisotopic (exact) mass is 345 g/mol. The normalized spacial score (nSPS) is 33.5. The van der Waals surface area contributed by atoms with Crippen molar-refractivity contribution in [3.63, 3.8) is 0 Å². The molecule has 6 nitrogen and oxygen atoms in total. The molecule has 3 saturated heterocycles. The Bertz CT molecular complexity index is 694. The lowest BCUT2D eigenvalue weighted by Crippen LogP contribution is -2.42. The average molecular weight is 345 g/mol. The summed E-state index contributed by atoms with van der Waals surface area (Å²) in [5.74, 6) is 1.39. The van der Waals surface area contributed by atoms with Gasteiger partial charge in [-0.15, -0.1) is 0 Å². The number of nitrogens with one attached hydrogen (secondary N) is 1.